The molecule has 0 saturated carbocycles. The Hall–Kier alpha value is -2.41. The van der Waals surface area contributed by atoms with Crippen molar-refractivity contribution >= 4 is 17.4 Å². The summed E-state index contributed by atoms with van der Waals surface area (Å²) in [6.07, 6.45) is 5.40. The number of nitrogens with zero attached hydrogens (tertiary/aromatic N) is 4. The summed E-state index contributed by atoms with van der Waals surface area (Å²) in [5.74, 6) is 1.74. The summed E-state index contributed by atoms with van der Waals surface area (Å²) >= 11 is 1.39. The van der Waals surface area contributed by atoms with Crippen molar-refractivity contribution in [2.45, 2.75) is 6.54 Å². The third-order valence-electron chi connectivity index (χ3n) is 3.01. The van der Waals surface area contributed by atoms with E-state index < -0.39 is 0 Å². The van der Waals surface area contributed by atoms with Crippen molar-refractivity contribution in [1.82, 2.24) is 18.8 Å². The standard InChI is InChI=1S/C14H14N4O2S/c1-17(2)14(19)12-4-3-11(20-12)8-18-6-5-15-13(18)10-7-16-21-9-10/h3-7,9H,8H2,1-2H3. The lowest BCUT2D eigenvalue weighted by Crippen LogP contribution is -2.20. The van der Waals surface area contributed by atoms with Crippen LogP contribution in [0.5, 0.6) is 0 Å². The van der Waals surface area contributed by atoms with E-state index in [2.05, 4.69) is 9.36 Å². The molecule has 0 N–H and O–H groups in total. The molecule has 1 amide bonds. The first-order valence-electron chi connectivity index (χ1n) is 6.36. The minimum atomic E-state index is -0.144. The van der Waals surface area contributed by atoms with Crippen LogP contribution >= 0.6 is 11.5 Å². The Morgan fingerprint density at radius 3 is 3.00 bits per heavy atom. The number of hydrogen-bond acceptors (Lipinski definition) is 5. The van der Waals surface area contributed by atoms with Gasteiger partial charge in [0.1, 0.15) is 11.6 Å². The molecule has 3 aromatic heterocycles. The summed E-state index contributed by atoms with van der Waals surface area (Å²) in [5, 5.41) is 1.95. The Morgan fingerprint density at radius 1 is 1.43 bits per heavy atom. The van der Waals surface area contributed by atoms with Gasteiger partial charge in [0.2, 0.25) is 0 Å². The van der Waals surface area contributed by atoms with Crippen LogP contribution in [0, 0.1) is 0 Å². The number of amides is 1. The highest BCUT2D eigenvalue weighted by atomic mass is 32.1. The van der Waals surface area contributed by atoms with Gasteiger partial charge in [-0.05, 0) is 23.7 Å². The van der Waals surface area contributed by atoms with Gasteiger partial charge in [-0.15, -0.1) is 0 Å². The third kappa shape index (κ3) is 2.73. The Kier molecular flexibility index (Phi) is 3.57. The maximum absolute atomic E-state index is 11.8. The van der Waals surface area contributed by atoms with Crippen LogP contribution in [0.3, 0.4) is 0 Å². The zero-order valence-corrected chi connectivity index (χ0v) is 12.5. The first-order chi connectivity index (χ1) is 10.1. The molecule has 3 heterocycles. The monoisotopic (exact) mass is 302 g/mol. The van der Waals surface area contributed by atoms with E-state index >= 15 is 0 Å². The van der Waals surface area contributed by atoms with Crippen molar-refractivity contribution in [1.29, 1.82) is 0 Å². The maximum Gasteiger partial charge on any atom is 0.289 e. The van der Waals surface area contributed by atoms with E-state index in [-0.39, 0.29) is 5.91 Å². The van der Waals surface area contributed by atoms with Crippen molar-refractivity contribution in [2.75, 3.05) is 14.1 Å². The average molecular weight is 302 g/mol. The quantitative estimate of drug-likeness (QED) is 0.742. The van der Waals surface area contributed by atoms with E-state index in [9.17, 15) is 4.79 Å². The molecule has 0 aliphatic heterocycles. The lowest BCUT2D eigenvalue weighted by atomic mass is 10.3. The number of aromatic nitrogens is 3. The molecule has 0 unspecified atom stereocenters. The number of rotatable bonds is 4. The van der Waals surface area contributed by atoms with Crippen LogP contribution in [0.15, 0.2) is 40.5 Å². The minimum absolute atomic E-state index is 0.144. The normalized spacial score (nSPS) is 10.8. The molecular formula is C14H14N4O2S. The summed E-state index contributed by atoms with van der Waals surface area (Å²) in [6, 6.07) is 3.51. The Balaban J connectivity index is 1.82. The van der Waals surface area contributed by atoms with Gasteiger partial charge in [-0.1, -0.05) is 0 Å². The summed E-state index contributed by atoms with van der Waals surface area (Å²) in [4.78, 5) is 17.6. The molecule has 0 aliphatic rings. The summed E-state index contributed by atoms with van der Waals surface area (Å²) < 4.78 is 11.7. The molecule has 3 aromatic rings. The van der Waals surface area contributed by atoms with Crippen LogP contribution in [0.25, 0.3) is 11.4 Å². The third-order valence-corrected chi connectivity index (χ3v) is 3.60. The zero-order valence-electron chi connectivity index (χ0n) is 11.7. The molecule has 0 spiro atoms. The molecule has 0 fully saturated rings. The van der Waals surface area contributed by atoms with Gasteiger partial charge in [0.15, 0.2) is 5.76 Å². The molecule has 3 rings (SSSR count). The van der Waals surface area contributed by atoms with Gasteiger partial charge in [0.25, 0.3) is 5.91 Å². The van der Waals surface area contributed by atoms with Gasteiger partial charge in [-0.25, -0.2) is 9.36 Å². The smallest absolute Gasteiger partial charge is 0.289 e. The van der Waals surface area contributed by atoms with Gasteiger partial charge in [0, 0.05) is 37.4 Å². The van der Waals surface area contributed by atoms with Gasteiger partial charge in [0.05, 0.1) is 12.7 Å². The second-order valence-electron chi connectivity index (χ2n) is 4.76. The lowest BCUT2D eigenvalue weighted by Gasteiger charge is -2.07. The van der Waals surface area contributed by atoms with Crippen LogP contribution in [0.4, 0.5) is 0 Å². The Bertz CT molecular complexity index is 743. The van der Waals surface area contributed by atoms with E-state index in [0.29, 0.717) is 18.1 Å². The highest BCUT2D eigenvalue weighted by Gasteiger charge is 2.14. The van der Waals surface area contributed by atoms with Crippen molar-refractivity contribution < 1.29 is 9.21 Å². The molecule has 7 heteroatoms. The first kappa shape index (κ1) is 13.6. The molecule has 21 heavy (non-hydrogen) atoms. The highest BCUT2D eigenvalue weighted by molar-refractivity contribution is 7.03. The maximum atomic E-state index is 11.8. The predicted octanol–water partition coefficient (Wildman–Crippen LogP) is 2.35. The van der Waals surface area contributed by atoms with Gasteiger partial charge in [-0.2, -0.15) is 0 Å². The van der Waals surface area contributed by atoms with Crippen LogP contribution in [-0.2, 0) is 6.54 Å². The molecule has 6 nitrogen and oxygen atoms in total. The van der Waals surface area contributed by atoms with Gasteiger partial charge in [-0.3, -0.25) is 4.79 Å². The first-order valence-corrected chi connectivity index (χ1v) is 7.20. The second kappa shape index (κ2) is 5.53. The highest BCUT2D eigenvalue weighted by Crippen LogP contribution is 2.20. The van der Waals surface area contributed by atoms with Gasteiger partial charge < -0.3 is 13.9 Å². The summed E-state index contributed by atoms with van der Waals surface area (Å²) in [5.41, 5.74) is 0.973. The molecular weight excluding hydrogens is 288 g/mol. The van der Waals surface area contributed by atoms with E-state index in [1.54, 1.807) is 32.6 Å². The predicted molar refractivity (Wildman–Crippen MR) is 79.2 cm³/mol. The van der Waals surface area contributed by atoms with Crippen molar-refractivity contribution in [3.8, 4) is 11.4 Å². The second-order valence-corrected chi connectivity index (χ2v) is 5.41. The number of carbonyl (C=O) groups is 1. The zero-order chi connectivity index (χ0) is 14.8. The number of furan rings is 1. The SMILES string of the molecule is CN(C)C(=O)c1ccc(Cn2ccnc2-c2cnsc2)o1. The molecule has 0 bridgehead atoms. The molecule has 0 aliphatic carbocycles. The van der Waals surface area contributed by atoms with Crippen molar-refractivity contribution in [3.63, 3.8) is 0 Å². The van der Waals surface area contributed by atoms with Crippen LogP contribution < -0.4 is 0 Å². The molecule has 108 valence electrons. The molecule has 0 aromatic carbocycles. The topological polar surface area (TPSA) is 64.2 Å². The fourth-order valence-electron chi connectivity index (χ4n) is 1.98. The largest absolute Gasteiger partial charge is 0.454 e. The van der Waals surface area contributed by atoms with Crippen molar-refractivity contribution in [3.05, 3.63) is 47.6 Å². The summed E-state index contributed by atoms with van der Waals surface area (Å²) in [7, 11) is 3.39. The van der Waals surface area contributed by atoms with E-state index in [0.717, 1.165) is 11.4 Å². The van der Waals surface area contributed by atoms with Crippen LogP contribution in [-0.4, -0.2) is 38.8 Å². The van der Waals surface area contributed by atoms with E-state index in [1.807, 2.05) is 22.2 Å². The van der Waals surface area contributed by atoms with Crippen LogP contribution in [0.1, 0.15) is 16.3 Å². The molecule has 0 atom stereocenters. The molecule has 0 radical (unpaired) electrons. The molecule has 0 saturated heterocycles. The minimum Gasteiger partial charge on any atom is -0.454 e. The fourth-order valence-corrected chi connectivity index (χ4v) is 2.49. The van der Waals surface area contributed by atoms with E-state index in [4.69, 9.17) is 4.42 Å². The van der Waals surface area contributed by atoms with Crippen LogP contribution in [0.2, 0.25) is 0 Å². The fraction of sp³-hybridized carbons (Fsp3) is 0.214. The Morgan fingerprint density at radius 2 is 2.29 bits per heavy atom. The average Bonchev–Trinajstić information content (AvgIpc) is 3.19. The van der Waals surface area contributed by atoms with E-state index in [1.165, 1.54) is 16.4 Å². The van der Waals surface area contributed by atoms with Crippen molar-refractivity contribution in [2.24, 2.45) is 0 Å². The number of carbonyl (C=O) groups excluding carboxylic acids is 1. The lowest BCUT2D eigenvalue weighted by molar-refractivity contribution is 0.0794. The van der Waals surface area contributed by atoms with Gasteiger partial charge >= 0.3 is 0 Å². The summed E-state index contributed by atoms with van der Waals surface area (Å²) in [6.45, 7) is 0.520. The number of imidazole rings is 1. The Labute approximate surface area is 125 Å². The number of hydrogen-bond donors (Lipinski definition) is 0.